The molecule has 0 spiro atoms. The summed E-state index contributed by atoms with van der Waals surface area (Å²) in [6.45, 7) is 0.700. The number of rotatable bonds is 9. The molecule has 4 rings (SSSR count). The molecular weight excluding hydrogens is 448 g/mol. The lowest BCUT2D eigenvalue weighted by Gasteiger charge is -2.28. The molecule has 3 N–H and O–H groups in total. The number of hydrogen-bond acceptors (Lipinski definition) is 5. The first kappa shape index (κ1) is 24.7. The lowest BCUT2D eigenvalue weighted by Crippen LogP contribution is -2.47. The van der Waals surface area contributed by atoms with E-state index in [1.807, 2.05) is 24.3 Å². The molecule has 8 nitrogen and oxygen atoms in total. The Hall–Kier alpha value is -3.39. The Balaban J connectivity index is 1.21. The van der Waals surface area contributed by atoms with Gasteiger partial charge < -0.3 is 25.2 Å². The van der Waals surface area contributed by atoms with Crippen molar-refractivity contribution in [2.75, 3.05) is 26.9 Å². The largest absolute Gasteiger partial charge is 0.480 e. The Morgan fingerprint density at radius 3 is 2.14 bits per heavy atom. The molecule has 0 heterocycles. The van der Waals surface area contributed by atoms with Crippen molar-refractivity contribution in [3.05, 3.63) is 59.7 Å². The maximum absolute atomic E-state index is 12.4. The number of hydrogen-bond donors (Lipinski definition) is 3. The molecule has 1 fully saturated rings. The zero-order valence-electron chi connectivity index (χ0n) is 19.9. The van der Waals surface area contributed by atoms with Crippen molar-refractivity contribution in [2.45, 2.75) is 37.6 Å². The van der Waals surface area contributed by atoms with Crippen molar-refractivity contribution in [3.8, 4) is 11.1 Å². The summed E-state index contributed by atoms with van der Waals surface area (Å²) in [6, 6.07) is 15.4. The molecule has 2 aromatic carbocycles. The van der Waals surface area contributed by atoms with Gasteiger partial charge in [0.2, 0.25) is 5.91 Å². The first-order valence-corrected chi connectivity index (χ1v) is 12.1. The highest BCUT2D eigenvalue weighted by Crippen LogP contribution is 2.44. The molecule has 8 heteroatoms. The minimum Gasteiger partial charge on any atom is -0.480 e. The van der Waals surface area contributed by atoms with Crippen LogP contribution in [0.4, 0.5) is 4.79 Å². The summed E-state index contributed by atoms with van der Waals surface area (Å²) in [5, 5.41) is 14.6. The molecule has 186 valence electrons. The molecule has 0 aliphatic heterocycles. The summed E-state index contributed by atoms with van der Waals surface area (Å²) in [5.41, 5.74) is 4.73. The summed E-state index contributed by atoms with van der Waals surface area (Å²) < 4.78 is 10.5. The number of carbonyl (C=O) groups excluding carboxylic acids is 2. The Labute approximate surface area is 205 Å². The number of amides is 2. The number of alkyl carbamates (subject to hydrolysis) is 1. The van der Waals surface area contributed by atoms with E-state index in [-0.39, 0.29) is 36.9 Å². The number of nitrogens with one attached hydrogen (secondary N) is 2. The molecule has 2 aliphatic carbocycles. The van der Waals surface area contributed by atoms with Crippen LogP contribution in [0.25, 0.3) is 11.1 Å². The molecule has 0 bridgehead atoms. The summed E-state index contributed by atoms with van der Waals surface area (Å²) >= 11 is 0. The first-order chi connectivity index (χ1) is 17.0. The Morgan fingerprint density at radius 2 is 1.57 bits per heavy atom. The van der Waals surface area contributed by atoms with Crippen LogP contribution in [-0.4, -0.2) is 56.0 Å². The van der Waals surface area contributed by atoms with Gasteiger partial charge in [-0.15, -0.1) is 0 Å². The fourth-order valence-corrected chi connectivity index (χ4v) is 5.14. The van der Waals surface area contributed by atoms with E-state index in [2.05, 4.69) is 34.9 Å². The smallest absolute Gasteiger partial charge is 0.407 e. The number of carboxylic acid groups (broad SMARTS) is 1. The van der Waals surface area contributed by atoms with Gasteiger partial charge in [-0.2, -0.15) is 0 Å². The molecule has 2 aliphatic rings. The fourth-order valence-electron chi connectivity index (χ4n) is 5.14. The summed E-state index contributed by atoms with van der Waals surface area (Å²) in [4.78, 5) is 36.1. The zero-order valence-corrected chi connectivity index (χ0v) is 19.9. The molecule has 1 atom stereocenters. The highest BCUT2D eigenvalue weighted by molar-refractivity contribution is 5.85. The SMILES string of the molecule is COCC(NC(=O)C1CCC(CNC(=O)OCC2c3ccccc3-c3ccccc32)CC1)C(=O)O. The van der Waals surface area contributed by atoms with Crippen molar-refractivity contribution in [3.63, 3.8) is 0 Å². The monoisotopic (exact) mass is 480 g/mol. The van der Waals surface area contributed by atoms with Crippen LogP contribution in [0.3, 0.4) is 0 Å². The van der Waals surface area contributed by atoms with E-state index in [0.717, 1.165) is 12.8 Å². The van der Waals surface area contributed by atoms with Crippen LogP contribution in [0.1, 0.15) is 42.7 Å². The van der Waals surface area contributed by atoms with E-state index < -0.39 is 18.1 Å². The third-order valence-corrected chi connectivity index (χ3v) is 7.04. The molecule has 0 aromatic heterocycles. The zero-order chi connectivity index (χ0) is 24.8. The van der Waals surface area contributed by atoms with Crippen molar-refractivity contribution < 1.29 is 29.0 Å². The second-order valence-corrected chi connectivity index (χ2v) is 9.28. The van der Waals surface area contributed by atoms with Gasteiger partial charge in [-0.25, -0.2) is 9.59 Å². The molecule has 35 heavy (non-hydrogen) atoms. The van der Waals surface area contributed by atoms with Crippen LogP contribution in [0.2, 0.25) is 0 Å². The second kappa shape index (κ2) is 11.4. The van der Waals surface area contributed by atoms with Crippen molar-refractivity contribution >= 4 is 18.0 Å². The van der Waals surface area contributed by atoms with Gasteiger partial charge in [0.15, 0.2) is 6.04 Å². The number of carbonyl (C=O) groups is 3. The molecular formula is C27H32N2O6. The molecule has 0 saturated heterocycles. The molecule has 2 aromatic rings. The first-order valence-electron chi connectivity index (χ1n) is 12.1. The van der Waals surface area contributed by atoms with Gasteiger partial charge in [0, 0.05) is 25.5 Å². The van der Waals surface area contributed by atoms with Crippen LogP contribution in [-0.2, 0) is 19.1 Å². The molecule has 1 saturated carbocycles. The Bertz CT molecular complexity index is 1020. The van der Waals surface area contributed by atoms with Crippen LogP contribution in [0.5, 0.6) is 0 Å². The van der Waals surface area contributed by atoms with Crippen molar-refractivity contribution in [2.24, 2.45) is 11.8 Å². The topological polar surface area (TPSA) is 114 Å². The van der Waals surface area contributed by atoms with Crippen LogP contribution in [0, 0.1) is 11.8 Å². The third kappa shape index (κ3) is 5.82. The number of aliphatic carboxylic acids is 1. The van der Waals surface area contributed by atoms with Gasteiger partial charge in [-0.1, -0.05) is 48.5 Å². The quantitative estimate of drug-likeness (QED) is 0.506. The highest BCUT2D eigenvalue weighted by Gasteiger charge is 2.31. The molecule has 0 radical (unpaired) electrons. The highest BCUT2D eigenvalue weighted by atomic mass is 16.5. The van der Waals surface area contributed by atoms with E-state index in [0.29, 0.717) is 19.4 Å². The van der Waals surface area contributed by atoms with Crippen molar-refractivity contribution in [1.82, 2.24) is 10.6 Å². The number of fused-ring (bicyclic) bond motifs is 3. The van der Waals surface area contributed by atoms with E-state index in [1.54, 1.807) is 0 Å². The summed E-state index contributed by atoms with van der Waals surface area (Å²) in [6.07, 6.45) is 2.44. The fraction of sp³-hybridized carbons (Fsp3) is 0.444. The molecule has 2 amide bonds. The van der Waals surface area contributed by atoms with Crippen LogP contribution in [0.15, 0.2) is 48.5 Å². The van der Waals surface area contributed by atoms with E-state index in [9.17, 15) is 19.5 Å². The molecule has 1 unspecified atom stereocenters. The average Bonchev–Trinajstić information content (AvgIpc) is 3.20. The van der Waals surface area contributed by atoms with Crippen LogP contribution < -0.4 is 10.6 Å². The standard InChI is InChI=1S/C27H32N2O6/c1-34-16-24(26(31)32)29-25(30)18-12-10-17(11-13-18)14-28-27(33)35-15-23-21-8-4-2-6-19(21)20-7-3-5-9-22(20)23/h2-9,17-18,23-24H,10-16H2,1H3,(H,28,33)(H,29,30)(H,31,32). The number of benzene rings is 2. The van der Waals surface area contributed by atoms with Crippen LogP contribution >= 0.6 is 0 Å². The van der Waals surface area contributed by atoms with Gasteiger partial charge in [0.1, 0.15) is 6.61 Å². The normalized spacial score (nSPS) is 19.8. The summed E-state index contributed by atoms with van der Waals surface area (Å²) in [7, 11) is 1.40. The van der Waals surface area contributed by atoms with Gasteiger partial charge in [-0.3, -0.25) is 4.79 Å². The van der Waals surface area contributed by atoms with Gasteiger partial charge >= 0.3 is 12.1 Å². The minimum absolute atomic E-state index is 0.0230. The third-order valence-electron chi connectivity index (χ3n) is 7.04. The number of ether oxygens (including phenoxy) is 2. The van der Waals surface area contributed by atoms with Crippen molar-refractivity contribution in [1.29, 1.82) is 0 Å². The minimum atomic E-state index is -1.11. The van der Waals surface area contributed by atoms with E-state index in [4.69, 9.17) is 9.47 Å². The van der Waals surface area contributed by atoms with Gasteiger partial charge in [-0.05, 0) is 53.9 Å². The Morgan fingerprint density at radius 1 is 0.971 bits per heavy atom. The summed E-state index contributed by atoms with van der Waals surface area (Å²) in [5.74, 6) is -1.30. The van der Waals surface area contributed by atoms with Gasteiger partial charge in [0.05, 0.1) is 6.61 Å². The second-order valence-electron chi connectivity index (χ2n) is 9.28. The van der Waals surface area contributed by atoms with E-state index in [1.165, 1.54) is 29.4 Å². The predicted octanol–water partition coefficient (Wildman–Crippen LogP) is 3.55. The number of methoxy groups -OCH3 is 1. The predicted molar refractivity (Wildman–Crippen MR) is 130 cm³/mol. The maximum atomic E-state index is 12.4. The Kier molecular flexibility index (Phi) is 8.02. The lowest BCUT2D eigenvalue weighted by molar-refractivity contribution is -0.144. The lowest BCUT2D eigenvalue weighted by atomic mass is 9.81. The maximum Gasteiger partial charge on any atom is 0.407 e. The number of carboxylic acids is 1. The van der Waals surface area contributed by atoms with Gasteiger partial charge in [0.25, 0.3) is 0 Å². The van der Waals surface area contributed by atoms with E-state index >= 15 is 0 Å². The average molecular weight is 481 g/mol.